The third kappa shape index (κ3) is 8.19. The lowest BCUT2D eigenvalue weighted by molar-refractivity contribution is 0.0696. The number of aromatic amines is 1. The molecule has 4 aromatic rings. The van der Waals surface area contributed by atoms with Gasteiger partial charge in [0.1, 0.15) is 0 Å². The van der Waals surface area contributed by atoms with Crippen molar-refractivity contribution in [1.82, 2.24) is 20.2 Å². The van der Waals surface area contributed by atoms with Gasteiger partial charge in [0, 0.05) is 5.56 Å². The SMILES string of the molecule is Cc1ccc(-n2nn[nH]c2=O)cc1.Cc1ccc(C(=O)Cl)cc1.Cc1ccc(C(=O)O)cc1. The van der Waals surface area contributed by atoms with Crippen LogP contribution in [0.1, 0.15) is 37.4 Å². The van der Waals surface area contributed by atoms with Crippen LogP contribution in [0.3, 0.4) is 0 Å². The summed E-state index contributed by atoms with van der Waals surface area (Å²) in [7, 11) is 0. The van der Waals surface area contributed by atoms with Crippen LogP contribution in [0.25, 0.3) is 5.69 Å². The fourth-order valence-corrected chi connectivity index (χ4v) is 2.56. The number of carbonyl (C=O) groups excluding carboxylic acids is 1. The molecule has 0 aliphatic carbocycles. The van der Waals surface area contributed by atoms with E-state index in [1.54, 1.807) is 36.4 Å². The van der Waals surface area contributed by atoms with E-state index in [1.165, 1.54) is 4.68 Å². The maximum atomic E-state index is 11.1. The van der Waals surface area contributed by atoms with Crippen molar-refractivity contribution in [2.45, 2.75) is 20.8 Å². The first-order chi connectivity index (χ1) is 15.7. The Bertz CT molecular complexity index is 1190. The standard InChI is InChI=1S/C8H7ClO.C8H8N4O.C8H8O2/c1-6-2-4-7(5-3-6)8(9)10;1-6-2-4-7(5-3-6)12-8(13)9-10-11-12;1-6-2-4-7(5-3-6)8(9)10/h2-5H,1H3;2-5H,1H3,(H,9,11,13);2-5H,1H3,(H,9,10). The summed E-state index contributed by atoms with van der Waals surface area (Å²) in [5.74, 6) is -0.875. The topological polar surface area (TPSA) is 118 Å². The summed E-state index contributed by atoms with van der Waals surface area (Å²) in [5.41, 5.74) is 4.61. The molecule has 2 N–H and O–H groups in total. The molecule has 0 saturated heterocycles. The summed E-state index contributed by atoms with van der Waals surface area (Å²) < 4.78 is 1.21. The number of H-pyrrole nitrogens is 1. The molecule has 0 saturated carbocycles. The zero-order chi connectivity index (χ0) is 24.4. The second-order valence-electron chi connectivity index (χ2n) is 7.06. The first kappa shape index (κ1) is 25.2. The number of carboxylic acids is 1. The largest absolute Gasteiger partial charge is 0.478 e. The van der Waals surface area contributed by atoms with Gasteiger partial charge < -0.3 is 5.11 Å². The van der Waals surface area contributed by atoms with E-state index in [4.69, 9.17) is 16.7 Å². The molecule has 0 spiro atoms. The molecule has 0 radical (unpaired) electrons. The van der Waals surface area contributed by atoms with Gasteiger partial charge in [-0.2, -0.15) is 4.68 Å². The molecular weight excluding hydrogens is 444 g/mol. The molecule has 0 bridgehead atoms. The first-order valence-corrected chi connectivity index (χ1v) is 10.2. The third-order valence-corrected chi connectivity index (χ3v) is 4.55. The highest BCUT2D eigenvalue weighted by molar-refractivity contribution is 6.67. The Labute approximate surface area is 195 Å². The quantitative estimate of drug-likeness (QED) is 0.434. The van der Waals surface area contributed by atoms with Gasteiger partial charge in [0.2, 0.25) is 0 Å². The first-order valence-electron chi connectivity index (χ1n) is 9.81. The maximum absolute atomic E-state index is 11.1. The number of aryl methyl sites for hydroxylation is 3. The molecule has 0 fully saturated rings. The van der Waals surface area contributed by atoms with Crippen molar-refractivity contribution < 1.29 is 14.7 Å². The summed E-state index contributed by atoms with van der Waals surface area (Å²) >= 11 is 5.22. The molecule has 33 heavy (non-hydrogen) atoms. The highest BCUT2D eigenvalue weighted by Gasteiger charge is 2.01. The van der Waals surface area contributed by atoms with Gasteiger partial charge in [-0.1, -0.05) is 53.1 Å². The van der Waals surface area contributed by atoms with Crippen LogP contribution in [0, 0.1) is 20.8 Å². The molecule has 0 unspecified atom stereocenters. The number of carbonyl (C=O) groups is 2. The van der Waals surface area contributed by atoms with Gasteiger partial charge in [-0.15, -0.1) is 0 Å². The number of tetrazole rings is 1. The van der Waals surface area contributed by atoms with Crippen LogP contribution in [-0.2, 0) is 0 Å². The van der Waals surface area contributed by atoms with Crippen molar-refractivity contribution in [3.05, 3.63) is 111 Å². The molecule has 1 heterocycles. The Morgan fingerprint density at radius 1 is 0.788 bits per heavy atom. The molecule has 0 atom stereocenters. The lowest BCUT2D eigenvalue weighted by Crippen LogP contribution is -2.15. The summed E-state index contributed by atoms with van der Waals surface area (Å²) in [6.45, 7) is 5.86. The number of rotatable bonds is 3. The average molecular weight is 467 g/mol. The minimum absolute atomic E-state index is 0.330. The van der Waals surface area contributed by atoms with Gasteiger partial charge >= 0.3 is 11.7 Å². The Morgan fingerprint density at radius 2 is 1.21 bits per heavy atom. The average Bonchev–Trinajstić information content (AvgIpc) is 3.22. The Morgan fingerprint density at radius 3 is 1.58 bits per heavy atom. The summed E-state index contributed by atoms with van der Waals surface area (Å²) in [4.78, 5) is 31.9. The second-order valence-corrected chi connectivity index (χ2v) is 7.41. The highest BCUT2D eigenvalue weighted by Crippen LogP contribution is 2.06. The molecule has 0 aliphatic rings. The van der Waals surface area contributed by atoms with E-state index in [9.17, 15) is 14.4 Å². The Hall–Kier alpha value is -4.04. The monoisotopic (exact) mass is 466 g/mol. The van der Waals surface area contributed by atoms with E-state index in [1.807, 2.05) is 57.2 Å². The molecule has 3 aromatic carbocycles. The van der Waals surface area contributed by atoms with Crippen LogP contribution >= 0.6 is 11.6 Å². The van der Waals surface area contributed by atoms with E-state index in [0.29, 0.717) is 16.8 Å². The number of halogens is 1. The van der Waals surface area contributed by atoms with Crippen LogP contribution in [0.5, 0.6) is 0 Å². The van der Waals surface area contributed by atoms with Crippen LogP contribution in [0.2, 0.25) is 0 Å². The molecular formula is C24H23ClN4O4. The predicted molar refractivity (Wildman–Crippen MR) is 126 cm³/mol. The van der Waals surface area contributed by atoms with E-state index >= 15 is 0 Å². The molecule has 8 nitrogen and oxygen atoms in total. The van der Waals surface area contributed by atoms with Crippen molar-refractivity contribution in [3.8, 4) is 5.69 Å². The molecule has 4 rings (SSSR count). The molecule has 1 aromatic heterocycles. The Balaban J connectivity index is 0.000000178. The smallest absolute Gasteiger partial charge is 0.365 e. The zero-order valence-electron chi connectivity index (χ0n) is 18.3. The molecule has 0 amide bonds. The predicted octanol–water partition coefficient (Wildman–Crippen LogP) is 4.33. The van der Waals surface area contributed by atoms with E-state index in [0.717, 1.165) is 16.7 Å². The minimum atomic E-state index is -0.875. The number of hydrogen-bond donors (Lipinski definition) is 2. The van der Waals surface area contributed by atoms with Crippen LogP contribution in [0.15, 0.2) is 77.6 Å². The van der Waals surface area contributed by atoms with Crippen molar-refractivity contribution >= 4 is 22.8 Å². The number of benzene rings is 3. The van der Waals surface area contributed by atoms with Crippen molar-refractivity contribution in [3.63, 3.8) is 0 Å². The number of carboxylic acid groups (broad SMARTS) is 1. The van der Waals surface area contributed by atoms with Gasteiger partial charge in [0.15, 0.2) is 0 Å². The summed E-state index contributed by atoms with van der Waals surface area (Å²) in [5, 5.41) is 17.3. The zero-order valence-corrected chi connectivity index (χ0v) is 19.1. The number of nitrogens with one attached hydrogen (secondary N) is 1. The van der Waals surface area contributed by atoms with Gasteiger partial charge in [-0.3, -0.25) is 4.79 Å². The molecule has 9 heteroatoms. The number of hydrogen-bond acceptors (Lipinski definition) is 5. The second kappa shape index (κ2) is 12.1. The van der Waals surface area contributed by atoms with Crippen LogP contribution < -0.4 is 5.69 Å². The number of nitrogens with zero attached hydrogens (tertiary/aromatic N) is 3. The number of aromatic carboxylic acids is 1. The number of aromatic nitrogens is 4. The summed E-state index contributed by atoms with van der Waals surface area (Å²) in [6.07, 6.45) is 0. The fourth-order valence-electron chi connectivity index (χ4n) is 2.43. The van der Waals surface area contributed by atoms with Crippen molar-refractivity contribution in [2.75, 3.05) is 0 Å². The van der Waals surface area contributed by atoms with Gasteiger partial charge in [0.05, 0.1) is 11.3 Å². The third-order valence-electron chi connectivity index (χ3n) is 4.33. The van der Waals surface area contributed by atoms with E-state index in [2.05, 4.69) is 15.5 Å². The maximum Gasteiger partial charge on any atom is 0.365 e. The Kier molecular flexibility index (Phi) is 9.26. The normalized spacial score (nSPS) is 9.70. The van der Waals surface area contributed by atoms with Crippen LogP contribution in [-0.4, -0.2) is 36.5 Å². The van der Waals surface area contributed by atoms with E-state index in [-0.39, 0.29) is 5.69 Å². The van der Waals surface area contributed by atoms with Gasteiger partial charge in [0.25, 0.3) is 5.24 Å². The van der Waals surface area contributed by atoms with Crippen LogP contribution in [0.4, 0.5) is 0 Å². The molecule has 0 aliphatic heterocycles. The van der Waals surface area contributed by atoms with Crippen molar-refractivity contribution in [1.29, 1.82) is 0 Å². The van der Waals surface area contributed by atoms with Gasteiger partial charge in [-0.05, 0) is 79.2 Å². The highest BCUT2D eigenvalue weighted by atomic mass is 35.5. The minimum Gasteiger partial charge on any atom is -0.478 e. The van der Waals surface area contributed by atoms with Crippen molar-refractivity contribution in [2.24, 2.45) is 0 Å². The summed E-state index contributed by atoms with van der Waals surface area (Å²) in [6, 6.07) is 21.4. The van der Waals surface area contributed by atoms with E-state index < -0.39 is 11.2 Å². The lowest BCUT2D eigenvalue weighted by atomic mass is 10.2. The fraction of sp³-hybridized carbons (Fsp3) is 0.125. The van der Waals surface area contributed by atoms with Gasteiger partial charge in [-0.25, -0.2) is 14.7 Å². The lowest BCUT2D eigenvalue weighted by Gasteiger charge is -1.97. The molecule has 170 valence electrons.